The lowest BCUT2D eigenvalue weighted by molar-refractivity contribution is -0.137. The van der Waals surface area contributed by atoms with E-state index in [9.17, 15) is 19.5 Å². The first-order valence-corrected chi connectivity index (χ1v) is 14.7. The predicted octanol–water partition coefficient (Wildman–Crippen LogP) is 7.17. The number of benzene rings is 5. The van der Waals surface area contributed by atoms with Crippen molar-refractivity contribution in [1.82, 2.24) is 0 Å². The first-order valence-electron chi connectivity index (χ1n) is 14.7. The Morgan fingerprint density at radius 2 is 1.49 bits per heavy atom. The Morgan fingerprint density at radius 1 is 0.822 bits per heavy atom. The van der Waals surface area contributed by atoms with Gasteiger partial charge in [0.1, 0.15) is 18.4 Å². The van der Waals surface area contributed by atoms with Gasteiger partial charge in [0.15, 0.2) is 5.78 Å². The molecule has 1 amide bonds. The SMILES string of the molecule is C=C(C)C(=O)N(CCOc1ccc(CC(Nc2ccccc2C(=O)c2ccccc2)C(=O)O)cc1)c1ccc2ccccc2c1. The van der Waals surface area contributed by atoms with E-state index in [4.69, 9.17) is 4.74 Å². The minimum absolute atomic E-state index is 0.177. The molecular formula is C38H34N2O5. The van der Waals surface area contributed by atoms with Crippen molar-refractivity contribution in [3.05, 3.63) is 150 Å². The van der Waals surface area contributed by atoms with Gasteiger partial charge in [-0.25, -0.2) is 4.79 Å². The summed E-state index contributed by atoms with van der Waals surface area (Å²) in [5.74, 6) is -0.802. The van der Waals surface area contributed by atoms with Crippen molar-refractivity contribution < 1.29 is 24.2 Å². The van der Waals surface area contributed by atoms with Crippen molar-refractivity contribution in [2.24, 2.45) is 0 Å². The van der Waals surface area contributed by atoms with Gasteiger partial charge in [-0.2, -0.15) is 0 Å². The van der Waals surface area contributed by atoms with E-state index in [0.717, 1.165) is 22.0 Å². The topological polar surface area (TPSA) is 95.9 Å². The second-order valence-electron chi connectivity index (χ2n) is 10.7. The third-order valence-electron chi connectivity index (χ3n) is 7.44. The third kappa shape index (κ3) is 7.64. The highest BCUT2D eigenvalue weighted by atomic mass is 16.5. The number of carbonyl (C=O) groups is 3. The summed E-state index contributed by atoms with van der Waals surface area (Å²) in [4.78, 5) is 40.0. The normalized spacial score (nSPS) is 11.4. The van der Waals surface area contributed by atoms with Crippen molar-refractivity contribution in [2.45, 2.75) is 19.4 Å². The van der Waals surface area contributed by atoms with Crippen LogP contribution in [0.25, 0.3) is 10.8 Å². The maximum Gasteiger partial charge on any atom is 0.326 e. The van der Waals surface area contributed by atoms with Crippen molar-refractivity contribution in [3.8, 4) is 5.75 Å². The number of ether oxygens (including phenoxy) is 1. The lowest BCUT2D eigenvalue weighted by atomic mass is 10.00. The molecule has 0 aliphatic rings. The second kappa shape index (κ2) is 14.2. The molecule has 45 heavy (non-hydrogen) atoms. The lowest BCUT2D eigenvalue weighted by Crippen LogP contribution is -2.35. The second-order valence-corrected chi connectivity index (χ2v) is 10.7. The van der Waals surface area contributed by atoms with Crippen LogP contribution in [0.2, 0.25) is 0 Å². The summed E-state index contributed by atoms with van der Waals surface area (Å²) in [6, 6.07) is 35.9. The maximum absolute atomic E-state index is 13.1. The molecule has 7 heteroatoms. The molecule has 0 aliphatic heterocycles. The standard InChI is InChI=1S/C38H34N2O5/c1-26(2)37(42)40(31-19-18-28-10-6-7-13-30(28)25-31)22-23-45-32-20-16-27(17-21-32)24-35(38(43)44)39-34-15-9-8-14-33(34)36(41)29-11-4-3-5-12-29/h3-21,25,35,39H,1,22-24H2,2H3,(H,43,44). The number of anilines is 2. The number of nitrogens with one attached hydrogen (secondary N) is 1. The van der Waals surface area contributed by atoms with E-state index in [1.807, 2.05) is 60.7 Å². The van der Waals surface area contributed by atoms with Crippen molar-refractivity contribution in [3.63, 3.8) is 0 Å². The molecule has 1 atom stereocenters. The molecule has 7 nitrogen and oxygen atoms in total. The number of aliphatic carboxylic acids is 1. The van der Waals surface area contributed by atoms with Crippen LogP contribution in [0, 0.1) is 0 Å². The molecule has 1 unspecified atom stereocenters. The molecular weight excluding hydrogens is 564 g/mol. The maximum atomic E-state index is 13.1. The number of nitrogens with zero attached hydrogens (tertiary/aromatic N) is 1. The summed E-state index contributed by atoms with van der Waals surface area (Å²) in [5, 5.41) is 15.2. The lowest BCUT2D eigenvalue weighted by Gasteiger charge is -2.23. The molecule has 0 aliphatic carbocycles. The van der Waals surface area contributed by atoms with E-state index < -0.39 is 12.0 Å². The van der Waals surface area contributed by atoms with E-state index >= 15 is 0 Å². The van der Waals surface area contributed by atoms with Gasteiger partial charge in [-0.1, -0.05) is 91.5 Å². The summed E-state index contributed by atoms with van der Waals surface area (Å²) in [6.07, 6.45) is 0.187. The average Bonchev–Trinajstić information content (AvgIpc) is 3.07. The van der Waals surface area contributed by atoms with Gasteiger partial charge in [0.05, 0.1) is 6.54 Å². The van der Waals surface area contributed by atoms with Gasteiger partial charge in [0.2, 0.25) is 0 Å². The minimum atomic E-state index is -1.03. The smallest absolute Gasteiger partial charge is 0.326 e. The van der Waals surface area contributed by atoms with Crippen molar-refractivity contribution >= 4 is 39.8 Å². The summed E-state index contributed by atoms with van der Waals surface area (Å²) in [6.45, 7) is 6.09. The molecule has 5 rings (SSSR count). The summed E-state index contributed by atoms with van der Waals surface area (Å²) >= 11 is 0. The van der Waals surface area contributed by atoms with E-state index in [0.29, 0.717) is 34.7 Å². The Labute approximate surface area is 262 Å². The quantitative estimate of drug-likeness (QED) is 0.110. The van der Waals surface area contributed by atoms with Crippen molar-refractivity contribution in [1.29, 1.82) is 0 Å². The van der Waals surface area contributed by atoms with Crippen molar-refractivity contribution in [2.75, 3.05) is 23.4 Å². The molecule has 0 aromatic heterocycles. The highest BCUT2D eigenvalue weighted by molar-refractivity contribution is 6.12. The number of carbonyl (C=O) groups excluding carboxylic acids is 2. The molecule has 0 heterocycles. The number of ketones is 1. The number of carboxylic acids is 1. The van der Waals surface area contributed by atoms with E-state index in [1.54, 1.807) is 72.5 Å². The Balaban J connectivity index is 1.23. The number of fused-ring (bicyclic) bond motifs is 1. The Kier molecular flexibility index (Phi) is 9.70. The zero-order valence-corrected chi connectivity index (χ0v) is 25.0. The fraction of sp³-hybridized carbons (Fsp3) is 0.132. The summed E-state index contributed by atoms with van der Waals surface area (Å²) < 4.78 is 5.97. The van der Waals surface area contributed by atoms with Crippen LogP contribution in [-0.4, -0.2) is 42.0 Å². The number of hydrogen-bond acceptors (Lipinski definition) is 5. The zero-order chi connectivity index (χ0) is 31.8. The highest BCUT2D eigenvalue weighted by Crippen LogP contribution is 2.24. The molecule has 0 fully saturated rings. The predicted molar refractivity (Wildman–Crippen MR) is 178 cm³/mol. The first-order chi connectivity index (χ1) is 21.8. The van der Waals surface area contributed by atoms with Gasteiger partial charge in [-0.05, 0) is 59.7 Å². The fourth-order valence-corrected chi connectivity index (χ4v) is 5.07. The Bertz CT molecular complexity index is 1830. The number of para-hydroxylation sites is 1. The first kappa shape index (κ1) is 30.8. The number of hydrogen-bond donors (Lipinski definition) is 2. The van der Waals surface area contributed by atoms with Gasteiger partial charge in [0, 0.05) is 34.5 Å². The third-order valence-corrected chi connectivity index (χ3v) is 7.44. The Hall–Kier alpha value is -5.69. The molecule has 0 saturated carbocycles. The highest BCUT2D eigenvalue weighted by Gasteiger charge is 2.22. The molecule has 0 bridgehead atoms. The van der Waals surface area contributed by atoms with E-state index in [1.165, 1.54) is 0 Å². The van der Waals surface area contributed by atoms with Crippen LogP contribution in [0.4, 0.5) is 11.4 Å². The molecule has 5 aromatic carbocycles. The van der Waals surface area contributed by atoms with E-state index in [-0.39, 0.29) is 24.7 Å². The number of rotatable bonds is 13. The monoisotopic (exact) mass is 598 g/mol. The average molecular weight is 599 g/mol. The fourth-order valence-electron chi connectivity index (χ4n) is 5.07. The van der Waals surface area contributed by atoms with Gasteiger partial charge in [-0.15, -0.1) is 0 Å². The van der Waals surface area contributed by atoms with Crippen LogP contribution >= 0.6 is 0 Å². The molecule has 5 aromatic rings. The van der Waals surface area contributed by atoms with Gasteiger partial charge < -0.3 is 20.1 Å². The van der Waals surface area contributed by atoms with E-state index in [2.05, 4.69) is 11.9 Å². The van der Waals surface area contributed by atoms with Crippen LogP contribution in [-0.2, 0) is 16.0 Å². The molecule has 2 N–H and O–H groups in total. The zero-order valence-electron chi connectivity index (χ0n) is 25.0. The Morgan fingerprint density at radius 3 is 2.20 bits per heavy atom. The molecule has 0 spiro atoms. The molecule has 0 saturated heterocycles. The molecule has 0 radical (unpaired) electrons. The van der Waals surface area contributed by atoms with Gasteiger partial charge in [0.25, 0.3) is 5.91 Å². The van der Waals surface area contributed by atoms with Gasteiger partial charge in [-0.3, -0.25) is 9.59 Å². The minimum Gasteiger partial charge on any atom is -0.492 e. The number of carboxylic acid groups (broad SMARTS) is 1. The van der Waals surface area contributed by atoms with Crippen LogP contribution in [0.15, 0.2) is 133 Å². The molecule has 226 valence electrons. The van der Waals surface area contributed by atoms with Crippen LogP contribution in [0.5, 0.6) is 5.75 Å². The largest absolute Gasteiger partial charge is 0.492 e. The summed E-state index contributed by atoms with van der Waals surface area (Å²) in [5.41, 5.74) is 3.37. The van der Waals surface area contributed by atoms with Crippen LogP contribution < -0.4 is 15.0 Å². The van der Waals surface area contributed by atoms with Crippen LogP contribution in [0.1, 0.15) is 28.4 Å². The number of amides is 1. The summed E-state index contributed by atoms with van der Waals surface area (Å²) in [7, 11) is 0. The van der Waals surface area contributed by atoms with Crippen LogP contribution in [0.3, 0.4) is 0 Å². The van der Waals surface area contributed by atoms with Gasteiger partial charge >= 0.3 is 5.97 Å².